The van der Waals surface area contributed by atoms with Gasteiger partial charge in [-0.05, 0) is 30.2 Å². The van der Waals surface area contributed by atoms with Gasteiger partial charge in [0.2, 0.25) is 0 Å². The van der Waals surface area contributed by atoms with Gasteiger partial charge in [0.1, 0.15) is 11.6 Å². The molecule has 19 heavy (non-hydrogen) atoms. The van der Waals surface area contributed by atoms with Gasteiger partial charge in [-0.15, -0.1) is 0 Å². The summed E-state index contributed by atoms with van der Waals surface area (Å²) in [5, 5.41) is 5.31. The number of hydrogen-bond acceptors (Lipinski definition) is 2. The van der Waals surface area contributed by atoms with Gasteiger partial charge in [0.05, 0.1) is 12.8 Å². The molecule has 2 rings (SSSR count). The summed E-state index contributed by atoms with van der Waals surface area (Å²) in [6, 6.07) is 9.77. The molecular weight excluding hydrogens is 247 g/mol. The van der Waals surface area contributed by atoms with Gasteiger partial charge < -0.3 is 15.1 Å². The predicted molar refractivity (Wildman–Crippen MR) is 69.1 cm³/mol. The molecule has 0 spiro atoms. The molecule has 0 aliphatic heterocycles. The summed E-state index contributed by atoms with van der Waals surface area (Å²) in [6.07, 6.45) is 2.01. The number of benzene rings is 1. The average Bonchev–Trinajstić information content (AvgIpc) is 2.92. The highest BCUT2D eigenvalue weighted by Gasteiger charge is 2.03. The van der Waals surface area contributed by atoms with E-state index in [0.717, 1.165) is 0 Å². The molecule has 1 heterocycles. The van der Waals surface area contributed by atoms with Crippen LogP contribution in [0.25, 0.3) is 0 Å². The van der Waals surface area contributed by atoms with Gasteiger partial charge >= 0.3 is 6.03 Å². The minimum absolute atomic E-state index is 0.250. The summed E-state index contributed by atoms with van der Waals surface area (Å²) in [5.41, 5.74) is 0.592. The molecule has 0 radical (unpaired) electrons. The minimum atomic E-state index is -0.298. The van der Waals surface area contributed by atoms with Gasteiger partial charge in [0, 0.05) is 6.54 Å². The second kappa shape index (κ2) is 6.58. The Labute approximate surface area is 110 Å². The van der Waals surface area contributed by atoms with Crippen molar-refractivity contribution in [1.82, 2.24) is 10.6 Å². The zero-order valence-electron chi connectivity index (χ0n) is 10.4. The molecule has 0 aliphatic rings. The number of carbonyl (C=O) groups is 1. The molecule has 0 unspecified atom stereocenters. The molecule has 1 aromatic heterocycles. The van der Waals surface area contributed by atoms with Crippen LogP contribution in [0.1, 0.15) is 11.3 Å². The molecule has 0 saturated heterocycles. The standard InChI is InChI=1S/C14H15FN2O2/c15-13-6-2-1-4-11(13)7-8-16-14(18)17-10-12-5-3-9-19-12/h1-6,9H,7-8,10H2,(H2,16,17,18). The Hall–Kier alpha value is -2.30. The maximum atomic E-state index is 13.3. The summed E-state index contributed by atoms with van der Waals surface area (Å²) < 4.78 is 18.4. The Morgan fingerprint density at radius 2 is 2.00 bits per heavy atom. The second-order valence-corrected chi connectivity index (χ2v) is 4.03. The molecule has 0 saturated carbocycles. The van der Waals surface area contributed by atoms with Crippen molar-refractivity contribution in [3.05, 3.63) is 59.8 Å². The van der Waals surface area contributed by atoms with E-state index >= 15 is 0 Å². The van der Waals surface area contributed by atoms with Crippen LogP contribution < -0.4 is 10.6 Å². The molecule has 4 nitrogen and oxygen atoms in total. The minimum Gasteiger partial charge on any atom is -0.467 e. The van der Waals surface area contributed by atoms with E-state index in [1.807, 2.05) is 0 Å². The number of carbonyl (C=O) groups excluding carboxylic acids is 1. The number of amides is 2. The SMILES string of the molecule is O=C(NCCc1ccccc1F)NCc1ccco1. The van der Waals surface area contributed by atoms with Gasteiger partial charge in [-0.1, -0.05) is 18.2 Å². The van der Waals surface area contributed by atoms with Crippen LogP contribution in [0.15, 0.2) is 47.1 Å². The fourth-order valence-electron chi connectivity index (χ4n) is 1.65. The maximum absolute atomic E-state index is 13.3. The van der Waals surface area contributed by atoms with Crippen LogP contribution in [-0.2, 0) is 13.0 Å². The van der Waals surface area contributed by atoms with Crippen LogP contribution in [0, 0.1) is 5.82 Å². The Balaban J connectivity index is 1.68. The summed E-state index contributed by atoms with van der Waals surface area (Å²) in [7, 11) is 0. The average molecular weight is 262 g/mol. The van der Waals surface area contributed by atoms with Crippen LogP contribution in [0.4, 0.5) is 9.18 Å². The fraction of sp³-hybridized carbons (Fsp3) is 0.214. The monoisotopic (exact) mass is 262 g/mol. The molecule has 5 heteroatoms. The zero-order valence-corrected chi connectivity index (χ0v) is 10.4. The molecule has 2 amide bonds. The summed E-state index contributed by atoms with van der Waals surface area (Å²) in [6.45, 7) is 0.712. The highest BCUT2D eigenvalue weighted by molar-refractivity contribution is 5.73. The third kappa shape index (κ3) is 4.13. The van der Waals surface area contributed by atoms with E-state index < -0.39 is 0 Å². The van der Waals surface area contributed by atoms with Crippen LogP contribution in [0.3, 0.4) is 0 Å². The lowest BCUT2D eigenvalue weighted by molar-refractivity contribution is 0.239. The number of nitrogens with one attached hydrogen (secondary N) is 2. The normalized spacial score (nSPS) is 10.2. The number of halogens is 1. The van der Waals surface area contributed by atoms with Crippen molar-refractivity contribution < 1.29 is 13.6 Å². The molecule has 2 aromatic rings. The van der Waals surface area contributed by atoms with E-state index in [1.165, 1.54) is 6.07 Å². The van der Waals surface area contributed by atoms with Gasteiger partial charge in [0.15, 0.2) is 0 Å². The van der Waals surface area contributed by atoms with Crippen molar-refractivity contribution in [2.24, 2.45) is 0 Å². The number of rotatable bonds is 5. The van der Waals surface area contributed by atoms with Gasteiger partial charge in [-0.25, -0.2) is 9.18 Å². The number of hydrogen-bond donors (Lipinski definition) is 2. The highest BCUT2D eigenvalue weighted by Crippen LogP contribution is 2.06. The van der Waals surface area contributed by atoms with Gasteiger partial charge in [0.25, 0.3) is 0 Å². The van der Waals surface area contributed by atoms with Gasteiger partial charge in [-0.2, -0.15) is 0 Å². The van der Waals surface area contributed by atoms with Crippen molar-refractivity contribution in [2.75, 3.05) is 6.54 Å². The molecule has 100 valence electrons. The van der Waals surface area contributed by atoms with E-state index in [1.54, 1.807) is 36.6 Å². The smallest absolute Gasteiger partial charge is 0.315 e. The van der Waals surface area contributed by atoms with E-state index in [9.17, 15) is 9.18 Å². The van der Waals surface area contributed by atoms with Crippen molar-refractivity contribution in [1.29, 1.82) is 0 Å². The van der Waals surface area contributed by atoms with E-state index in [4.69, 9.17) is 4.42 Å². The Morgan fingerprint density at radius 3 is 2.74 bits per heavy atom. The Kier molecular flexibility index (Phi) is 4.55. The quantitative estimate of drug-likeness (QED) is 0.869. The van der Waals surface area contributed by atoms with Crippen LogP contribution in [0.2, 0.25) is 0 Å². The lowest BCUT2D eigenvalue weighted by Crippen LogP contribution is -2.36. The highest BCUT2D eigenvalue weighted by atomic mass is 19.1. The fourth-order valence-corrected chi connectivity index (χ4v) is 1.65. The number of furan rings is 1. The maximum Gasteiger partial charge on any atom is 0.315 e. The first-order chi connectivity index (χ1) is 9.25. The van der Waals surface area contributed by atoms with E-state index in [2.05, 4.69) is 10.6 Å². The Bertz CT molecular complexity index is 526. The molecule has 1 aromatic carbocycles. The summed E-state index contributed by atoms with van der Waals surface area (Å²) in [4.78, 5) is 11.5. The third-order valence-corrected chi connectivity index (χ3v) is 2.64. The van der Waals surface area contributed by atoms with E-state index in [-0.39, 0.29) is 11.8 Å². The van der Waals surface area contributed by atoms with Gasteiger partial charge in [-0.3, -0.25) is 0 Å². The van der Waals surface area contributed by atoms with Crippen molar-refractivity contribution in [3.8, 4) is 0 Å². The van der Waals surface area contributed by atoms with Crippen molar-refractivity contribution >= 4 is 6.03 Å². The first kappa shape index (κ1) is 13.1. The first-order valence-electron chi connectivity index (χ1n) is 6.03. The van der Waals surface area contributed by atoms with Crippen molar-refractivity contribution in [2.45, 2.75) is 13.0 Å². The van der Waals surface area contributed by atoms with Crippen molar-refractivity contribution in [3.63, 3.8) is 0 Å². The summed E-state index contributed by atoms with van der Waals surface area (Å²) in [5.74, 6) is 0.435. The first-order valence-corrected chi connectivity index (χ1v) is 6.03. The largest absolute Gasteiger partial charge is 0.467 e. The molecule has 0 bridgehead atoms. The molecule has 0 fully saturated rings. The topological polar surface area (TPSA) is 54.3 Å². The van der Waals surface area contributed by atoms with Crippen LogP contribution in [0.5, 0.6) is 0 Å². The molecule has 0 atom stereocenters. The lowest BCUT2D eigenvalue weighted by atomic mass is 10.1. The zero-order chi connectivity index (χ0) is 13.5. The third-order valence-electron chi connectivity index (χ3n) is 2.64. The Morgan fingerprint density at radius 1 is 1.16 bits per heavy atom. The molecular formula is C14H15FN2O2. The van der Waals surface area contributed by atoms with Crippen LogP contribution in [-0.4, -0.2) is 12.6 Å². The van der Waals surface area contributed by atoms with Crippen LogP contribution >= 0.6 is 0 Å². The lowest BCUT2D eigenvalue weighted by Gasteiger charge is -2.07. The second-order valence-electron chi connectivity index (χ2n) is 4.03. The number of urea groups is 1. The molecule has 2 N–H and O–H groups in total. The summed E-state index contributed by atoms with van der Waals surface area (Å²) >= 11 is 0. The van der Waals surface area contributed by atoms with E-state index in [0.29, 0.717) is 30.8 Å². The molecule has 0 aliphatic carbocycles. The predicted octanol–water partition coefficient (Wildman–Crippen LogP) is 2.46.